The van der Waals surface area contributed by atoms with Crippen molar-refractivity contribution >= 4 is 11.6 Å². The van der Waals surface area contributed by atoms with Gasteiger partial charge in [-0.2, -0.15) is 0 Å². The fourth-order valence-electron chi connectivity index (χ4n) is 1.72. The van der Waals surface area contributed by atoms with E-state index in [2.05, 4.69) is 5.32 Å². The first-order chi connectivity index (χ1) is 10.0. The Morgan fingerprint density at radius 2 is 1.95 bits per heavy atom. The van der Waals surface area contributed by atoms with Crippen LogP contribution in [0.2, 0.25) is 0 Å². The lowest BCUT2D eigenvalue weighted by Crippen LogP contribution is -2.12. The highest BCUT2D eigenvalue weighted by atomic mass is 19.1. The second kappa shape index (κ2) is 6.13. The zero-order chi connectivity index (χ0) is 15.4. The molecule has 0 bridgehead atoms. The summed E-state index contributed by atoms with van der Waals surface area (Å²) in [4.78, 5) is 11.9. The lowest BCUT2D eigenvalue weighted by molar-refractivity contribution is 0.102. The van der Waals surface area contributed by atoms with E-state index in [1.165, 1.54) is 24.3 Å². The molecule has 0 atom stereocenters. The molecule has 1 amide bonds. The van der Waals surface area contributed by atoms with Crippen LogP contribution >= 0.6 is 0 Å². The Kier molecular flexibility index (Phi) is 4.27. The second-order valence-electron chi connectivity index (χ2n) is 4.24. The fourth-order valence-corrected chi connectivity index (χ4v) is 1.72. The highest BCUT2D eigenvalue weighted by molar-refractivity contribution is 6.04. The number of phenols is 2. The van der Waals surface area contributed by atoms with Crippen LogP contribution in [0.25, 0.3) is 0 Å². The van der Waals surface area contributed by atoms with Crippen molar-refractivity contribution in [2.45, 2.75) is 6.92 Å². The summed E-state index contributed by atoms with van der Waals surface area (Å²) < 4.78 is 18.7. The number of ether oxygens (including phenoxy) is 1. The molecule has 5 nitrogen and oxygen atoms in total. The summed E-state index contributed by atoms with van der Waals surface area (Å²) in [6.45, 7) is 2.09. The average Bonchev–Trinajstić information content (AvgIpc) is 2.45. The lowest BCUT2D eigenvalue weighted by atomic mass is 10.2. The van der Waals surface area contributed by atoms with E-state index in [1.807, 2.05) is 0 Å². The minimum atomic E-state index is -0.580. The molecule has 0 aromatic heterocycles. The molecule has 0 saturated heterocycles. The van der Waals surface area contributed by atoms with Gasteiger partial charge in [0.05, 0.1) is 6.61 Å². The number of nitrogens with one attached hydrogen (secondary N) is 1. The zero-order valence-electron chi connectivity index (χ0n) is 11.3. The van der Waals surface area contributed by atoms with Gasteiger partial charge in [-0.05, 0) is 37.3 Å². The van der Waals surface area contributed by atoms with E-state index in [0.29, 0.717) is 6.61 Å². The molecule has 0 unspecified atom stereocenters. The largest absolute Gasteiger partial charge is 0.504 e. The van der Waals surface area contributed by atoms with Gasteiger partial charge in [0.25, 0.3) is 5.91 Å². The number of amides is 1. The van der Waals surface area contributed by atoms with Crippen LogP contribution in [-0.4, -0.2) is 22.7 Å². The number of carbonyl (C=O) groups is 1. The molecule has 110 valence electrons. The standard InChI is InChI=1S/C15H14FNO4/c1-2-21-14-6-4-10(8-11(14)16)17-15(20)9-3-5-12(18)13(19)7-9/h3-8,18-19H,2H2,1H3,(H,17,20). The molecule has 3 N–H and O–H groups in total. The minimum Gasteiger partial charge on any atom is -0.504 e. The van der Waals surface area contributed by atoms with Crippen molar-refractivity contribution in [3.05, 3.63) is 47.8 Å². The maximum absolute atomic E-state index is 13.7. The molecule has 0 heterocycles. The number of hydrogen-bond donors (Lipinski definition) is 3. The number of halogens is 1. The highest BCUT2D eigenvalue weighted by Gasteiger charge is 2.11. The molecule has 0 spiro atoms. The van der Waals surface area contributed by atoms with E-state index in [1.54, 1.807) is 6.92 Å². The number of phenolic OH excluding ortho intramolecular Hbond substituents is 2. The Bertz CT molecular complexity index is 673. The van der Waals surface area contributed by atoms with Gasteiger partial charge in [0.2, 0.25) is 0 Å². The SMILES string of the molecule is CCOc1ccc(NC(=O)c2ccc(O)c(O)c2)cc1F. The van der Waals surface area contributed by atoms with Crippen LogP contribution in [0.15, 0.2) is 36.4 Å². The maximum atomic E-state index is 13.7. The van der Waals surface area contributed by atoms with Gasteiger partial charge >= 0.3 is 0 Å². The van der Waals surface area contributed by atoms with Crippen molar-refractivity contribution in [3.63, 3.8) is 0 Å². The van der Waals surface area contributed by atoms with Crippen LogP contribution in [-0.2, 0) is 0 Å². The molecular formula is C15H14FNO4. The van der Waals surface area contributed by atoms with Crippen LogP contribution in [0.3, 0.4) is 0 Å². The minimum absolute atomic E-state index is 0.109. The summed E-state index contributed by atoms with van der Waals surface area (Å²) in [7, 11) is 0. The van der Waals surface area contributed by atoms with Crippen molar-refractivity contribution < 1.29 is 24.1 Å². The third-order valence-corrected chi connectivity index (χ3v) is 2.73. The predicted molar refractivity (Wildman–Crippen MR) is 75.3 cm³/mol. The smallest absolute Gasteiger partial charge is 0.255 e. The van der Waals surface area contributed by atoms with E-state index < -0.39 is 17.5 Å². The van der Waals surface area contributed by atoms with Crippen LogP contribution in [0.1, 0.15) is 17.3 Å². The van der Waals surface area contributed by atoms with Gasteiger partial charge in [-0.1, -0.05) is 0 Å². The van der Waals surface area contributed by atoms with Crippen molar-refractivity contribution in [2.24, 2.45) is 0 Å². The number of carbonyl (C=O) groups excluding carboxylic acids is 1. The summed E-state index contributed by atoms with van der Waals surface area (Å²) in [5.41, 5.74) is 0.396. The lowest BCUT2D eigenvalue weighted by Gasteiger charge is -2.09. The Morgan fingerprint density at radius 1 is 1.19 bits per heavy atom. The number of anilines is 1. The van der Waals surface area contributed by atoms with Crippen LogP contribution in [0.4, 0.5) is 10.1 Å². The van der Waals surface area contributed by atoms with Gasteiger partial charge in [-0.15, -0.1) is 0 Å². The van der Waals surface area contributed by atoms with Gasteiger partial charge in [0.1, 0.15) is 0 Å². The molecule has 2 aromatic rings. The molecule has 0 saturated carbocycles. The molecule has 0 fully saturated rings. The van der Waals surface area contributed by atoms with Gasteiger partial charge < -0.3 is 20.3 Å². The normalized spacial score (nSPS) is 10.2. The number of benzene rings is 2. The van der Waals surface area contributed by atoms with Gasteiger partial charge in [-0.25, -0.2) is 4.39 Å². The molecule has 21 heavy (non-hydrogen) atoms. The molecule has 0 aliphatic heterocycles. The van der Waals surface area contributed by atoms with Crippen LogP contribution in [0, 0.1) is 5.82 Å². The summed E-state index contributed by atoms with van der Waals surface area (Å²) in [6, 6.07) is 7.73. The maximum Gasteiger partial charge on any atom is 0.255 e. The molecule has 0 radical (unpaired) electrons. The topological polar surface area (TPSA) is 78.8 Å². The van der Waals surface area contributed by atoms with E-state index in [-0.39, 0.29) is 22.7 Å². The monoisotopic (exact) mass is 291 g/mol. The van der Waals surface area contributed by atoms with Crippen LogP contribution < -0.4 is 10.1 Å². The first kappa shape index (κ1) is 14.6. The fraction of sp³-hybridized carbons (Fsp3) is 0.133. The van der Waals surface area contributed by atoms with E-state index in [9.17, 15) is 19.4 Å². The Labute approximate surface area is 120 Å². The first-order valence-electron chi connectivity index (χ1n) is 6.27. The Morgan fingerprint density at radius 3 is 2.57 bits per heavy atom. The van der Waals surface area contributed by atoms with Gasteiger partial charge in [0, 0.05) is 17.3 Å². The van der Waals surface area contributed by atoms with E-state index in [4.69, 9.17) is 4.74 Å². The number of aromatic hydroxyl groups is 2. The molecular weight excluding hydrogens is 277 g/mol. The zero-order valence-corrected chi connectivity index (χ0v) is 11.3. The van der Waals surface area contributed by atoms with Crippen molar-refractivity contribution in [1.29, 1.82) is 0 Å². The van der Waals surface area contributed by atoms with E-state index >= 15 is 0 Å². The Hall–Kier alpha value is -2.76. The third-order valence-electron chi connectivity index (χ3n) is 2.73. The van der Waals surface area contributed by atoms with Crippen molar-refractivity contribution in [1.82, 2.24) is 0 Å². The molecule has 2 aromatic carbocycles. The van der Waals surface area contributed by atoms with Crippen LogP contribution in [0.5, 0.6) is 17.2 Å². The quantitative estimate of drug-likeness (QED) is 0.757. The Balaban J connectivity index is 2.15. The van der Waals surface area contributed by atoms with Crippen molar-refractivity contribution in [3.8, 4) is 17.2 Å². The van der Waals surface area contributed by atoms with E-state index in [0.717, 1.165) is 12.1 Å². The second-order valence-corrected chi connectivity index (χ2v) is 4.24. The molecule has 6 heteroatoms. The summed E-state index contributed by atoms with van der Waals surface area (Å²) in [5.74, 6) is -1.73. The molecule has 0 aliphatic rings. The summed E-state index contributed by atoms with van der Waals surface area (Å²) in [5, 5.41) is 21.0. The summed E-state index contributed by atoms with van der Waals surface area (Å²) >= 11 is 0. The summed E-state index contributed by atoms with van der Waals surface area (Å²) in [6.07, 6.45) is 0. The molecule has 2 rings (SSSR count). The van der Waals surface area contributed by atoms with Gasteiger partial charge in [-0.3, -0.25) is 4.79 Å². The number of rotatable bonds is 4. The predicted octanol–water partition coefficient (Wildman–Crippen LogP) is 2.89. The number of hydrogen-bond acceptors (Lipinski definition) is 4. The molecule has 0 aliphatic carbocycles. The highest BCUT2D eigenvalue weighted by Crippen LogP contribution is 2.26. The van der Waals surface area contributed by atoms with Crippen molar-refractivity contribution in [2.75, 3.05) is 11.9 Å². The third kappa shape index (κ3) is 3.42. The van der Waals surface area contributed by atoms with Gasteiger partial charge in [0.15, 0.2) is 23.1 Å². The average molecular weight is 291 g/mol. The first-order valence-corrected chi connectivity index (χ1v) is 6.27.